The molecule has 1 aromatic carbocycles. The molecule has 0 atom stereocenters. The highest BCUT2D eigenvalue weighted by atomic mass is 35.5. The molecule has 2 heterocycles. The normalized spacial score (nSPS) is 14.2. The third-order valence-electron chi connectivity index (χ3n) is 3.93. The third-order valence-corrected chi connectivity index (χ3v) is 4.47. The molecule has 0 spiro atoms. The first-order chi connectivity index (χ1) is 11.9. The van der Waals surface area contributed by atoms with Gasteiger partial charge in [0.1, 0.15) is 5.70 Å². The molecule has 0 unspecified atom stereocenters. The zero-order valence-corrected chi connectivity index (χ0v) is 14.5. The zero-order valence-electron chi connectivity index (χ0n) is 13.8. The van der Waals surface area contributed by atoms with Crippen molar-refractivity contribution in [2.75, 3.05) is 18.5 Å². The van der Waals surface area contributed by atoms with Gasteiger partial charge in [-0.15, -0.1) is 0 Å². The lowest BCUT2D eigenvalue weighted by atomic mass is 10.2. The fourth-order valence-electron chi connectivity index (χ4n) is 2.63. The van der Waals surface area contributed by atoms with E-state index < -0.39 is 11.8 Å². The van der Waals surface area contributed by atoms with E-state index in [1.807, 2.05) is 26.0 Å². The second kappa shape index (κ2) is 6.70. The highest BCUT2D eigenvalue weighted by Crippen LogP contribution is 2.24. The number of nitrogens with zero attached hydrogens (tertiary/aromatic N) is 3. The van der Waals surface area contributed by atoms with E-state index in [1.165, 1.54) is 6.08 Å². The summed E-state index contributed by atoms with van der Waals surface area (Å²) >= 11 is 6.17. The number of anilines is 1. The van der Waals surface area contributed by atoms with Crippen LogP contribution in [0.1, 0.15) is 11.4 Å². The number of hydrogen-bond donors (Lipinski definition) is 2. The molecule has 130 valence electrons. The molecule has 0 bridgehead atoms. The lowest BCUT2D eigenvalue weighted by Crippen LogP contribution is -2.34. The minimum Gasteiger partial charge on any atom is -0.395 e. The van der Waals surface area contributed by atoms with Crippen molar-refractivity contribution in [3.05, 3.63) is 52.4 Å². The first-order valence-electron chi connectivity index (χ1n) is 7.70. The number of rotatable bonds is 5. The number of hydrogen-bond acceptors (Lipinski definition) is 5. The summed E-state index contributed by atoms with van der Waals surface area (Å²) in [5.41, 5.74) is 3.28. The molecule has 0 aliphatic carbocycles. The Balaban J connectivity index is 1.78. The van der Waals surface area contributed by atoms with Gasteiger partial charge in [-0.05, 0) is 38.1 Å². The van der Waals surface area contributed by atoms with Crippen LogP contribution in [0.15, 0.2) is 36.0 Å². The van der Waals surface area contributed by atoms with E-state index in [0.717, 1.165) is 22.0 Å². The Morgan fingerprint density at radius 1 is 1.20 bits per heavy atom. The van der Waals surface area contributed by atoms with Crippen LogP contribution in [0.3, 0.4) is 0 Å². The SMILES string of the molecule is Cc1nn(-c2ccc(NC3=CC(=O)N(CCO)C3=O)cc2)c(C)c1Cl. The van der Waals surface area contributed by atoms with Gasteiger partial charge in [0.15, 0.2) is 0 Å². The quantitative estimate of drug-likeness (QED) is 0.794. The van der Waals surface area contributed by atoms with Gasteiger partial charge in [0.05, 0.1) is 35.2 Å². The molecule has 2 amide bonds. The van der Waals surface area contributed by atoms with Gasteiger partial charge in [-0.2, -0.15) is 5.10 Å². The standard InChI is InChI=1S/C17H17ClN4O3/c1-10-16(18)11(2)22(20-10)13-5-3-12(4-6-13)19-14-9-15(24)21(7-8-23)17(14)25/h3-6,9,19,23H,7-8H2,1-2H3. The van der Waals surface area contributed by atoms with Crippen LogP contribution in [0.25, 0.3) is 5.69 Å². The number of aromatic nitrogens is 2. The lowest BCUT2D eigenvalue weighted by molar-refractivity contribution is -0.137. The van der Waals surface area contributed by atoms with Gasteiger partial charge in [0.25, 0.3) is 11.8 Å². The number of nitrogens with one attached hydrogen (secondary N) is 1. The van der Waals surface area contributed by atoms with E-state index in [9.17, 15) is 9.59 Å². The van der Waals surface area contributed by atoms with Crippen LogP contribution in [-0.4, -0.2) is 44.8 Å². The van der Waals surface area contributed by atoms with Gasteiger partial charge in [0.2, 0.25) is 0 Å². The van der Waals surface area contributed by atoms with Crippen molar-refractivity contribution in [2.45, 2.75) is 13.8 Å². The van der Waals surface area contributed by atoms with Crippen LogP contribution in [0, 0.1) is 13.8 Å². The molecular weight excluding hydrogens is 344 g/mol. The Hall–Kier alpha value is -2.64. The summed E-state index contributed by atoms with van der Waals surface area (Å²) in [7, 11) is 0. The number of β-amino-alcohol motifs (C(OH)–C–C–N with tert-alkyl or cyclic N) is 1. The number of halogens is 1. The molecule has 7 nitrogen and oxygen atoms in total. The molecule has 0 saturated heterocycles. The molecule has 2 aromatic rings. The lowest BCUT2D eigenvalue weighted by Gasteiger charge is -2.13. The average Bonchev–Trinajstić information content (AvgIpc) is 3.01. The van der Waals surface area contributed by atoms with E-state index in [1.54, 1.807) is 16.8 Å². The van der Waals surface area contributed by atoms with E-state index in [0.29, 0.717) is 10.7 Å². The Morgan fingerprint density at radius 2 is 1.88 bits per heavy atom. The number of imide groups is 1. The van der Waals surface area contributed by atoms with Gasteiger partial charge in [0, 0.05) is 11.8 Å². The topological polar surface area (TPSA) is 87.5 Å². The largest absolute Gasteiger partial charge is 0.395 e. The summed E-state index contributed by atoms with van der Waals surface area (Å²) in [4.78, 5) is 24.9. The van der Waals surface area contributed by atoms with Crippen LogP contribution in [0.4, 0.5) is 5.69 Å². The van der Waals surface area contributed by atoms with Gasteiger partial charge in [-0.25, -0.2) is 4.68 Å². The summed E-state index contributed by atoms with van der Waals surface area (Å²) in [6.07, 6.45) is 1.23. The Labute approximate surface area is 149 Å². The summed E-state index contributed by atoms with van der Waals surface area (Å²) in [5.74, 6) is -0.885. The average molecular weight is 361 g/mol. The summed E-state index contributed by atoms with van der Waals surface area (Å²) in [6, 6.07) is 7.25. The molecule has 0 radical (unpaired) electrons. The predicted octanol–water partition coefficient (Wildman–Crippen LogP) is 1.80. The fraction of sp³-hybridized carbons (Fsp3) is 0.235. The van der Waals surface area contributed by atoms with Crippen LogP contribution in [0.2, 0.25) is 5.02 Å². The maximum Gasteiger partial charge on any atom is 0.277 e. The van der Waals surface area contributed by atoms with E-state index >= 15 is 0 Å². The van der Waals surface area contributed by atoms with E-state index in [4.69, 9.17) is 16.7 Å². The zero-order chi connectivity index (χ0) is 18.1. The number of carbonyl (C=O) groups is 2. The van der Waals surface area contributed by atoms with Crippen molar-refractivity contribution in [1.82, 2.24) is 14.7 Å². The molecule has 1 aliphatic rings. The monoisotopic (exact) mass is 360 g/mol. The van der Waals surface area contributed by atoms with Crippen molar-refractivity contribution < 1.29 is 14.7 Å². The first-order valence-corrected chi connectivity index (χ1v) is 8.07. The summed E-state index contributed by atoms with van der Waals surface area (Å²) in [5, 5.41) is 16.9. The molecule has 1 aliphatic heterocycles. The highest BCUT2D eigenvalue weighted by molar-refractivity contribution is 6.31. The molecule has 0 saturated carbocycles. The Morgan fingerprint density at radius 3 is 2.44 bits per heavy atom. The van der Waals surface area contributed by atoms with Crippen molar-refractivity contribution in [1.29, 1.82) is 0 Å². The molecule has 1 aromatic heterocycles. The molecule has 8 heteroatoms. The minimum atomic E-state index is -0.451. The van der Waals surface area contributed by atoms with Crippen molar-refractivity contribution in [3.63, 3.8) is 0 Å². The highest BCUT2D eigenvalue weighted by Gasteiger charge is 2.30. The smallest absolute Gasteiger partial charge is 0.277 e. The summed E-state index contributed by atoms with van der Waals surface area (Å²) < 4.78 is 1.74. The maximum atomic E-state index is 12.1. The van der Waals surface area contributed by atoms with Crippen molar-refractivity contribution in [3.8, 4) is 5.69 Å². The molecule has 25 heavy (non-hydrogen) atoms. The van der Waals surface area contributed by atoms with E-state index in [-0.39, 0.29) is 18.8 Å². The molecule has 2 N–H and O–H groups in total. The maximum absolute atomic E-state index is 12.1. The third kappa shape index (κ3) is 3.16. The number of aliphatic hydroxyl groups excluding tert-OH is 1. The number of benzene rings is 1. The predicted molar refractivity (Wildman–Crippen MR) is 93.6 cm³/mol. The summed E-state index contributed by atoms with van der Waals surface area (Å²) in [6.45, 7) is 3.45. The molecule has 3 rings (SSSR count). The number of carbonyl (C=O) groups excluding carboxylic acids is 2. The fourth-order valence-corrected chi connectivity index (χ4v) is 2.74. The van der Waals surface area contributed by atoms with Crippen LogP contribution >= 0.6 is 11.6 Å². The van der Waals surface area contributed by atoms with Gasteiger partial charge < -0.3 is 10.4 Å². The first kappa shape index (κ1) is 17.2. The van der Waals surface area contributed by atoms with Gasteiger partial charge >= 0.3 is 0 Å². The number of amides is 2. The Bertz CT molecular complexity index is 871. The van der Waals surface area contributed by atoms with Crippen molar-refractivity contribution >= 4 is 29.1 Å². The second-order valence-corrected chi connectivity index (χ2v) is 6.02. The Kier molecular flexibility index (Phi) is 4.61. The number of aryl methyl sites for hydroxylation is 1. The van der Waals surface area contributed by atoms with Crippen LogP contribution in [-0.2, 0) is 9.59 Å². The van der Waals surface area contributed by atoms with E-state index in [2.05, 4.69) is 10.4 Å². The van der Waals surface area contributed by atoms with Crippen LogP contribution < -0.4 is 5.32 Å². The van der Waals surface area contributed by atoms with Gasteiger partial charge in [-0.1, -0.05) is 11.6 Å². The van der Waals surface area contributed by atoms with Gasteiger partial charge in [-0.3, -0.25) is 14.5 Å². The second-order valence-electron chi connectivity index (χ2n) is 5.65. The number of aliphatic hydroxyl groups is 1. The molecular formula is C17H17ClN4O3. The molecule has 0 fully saturated rings. The van der Waals surface area contributed by atoms with Crippen molar-refractivity contribution in [2.24, 2.45) is 0 Å². The van der Waals surface area contributed by atoms with Crippen LogP contribution in [0.5, 0.6) is 0 Å². The minimum absolute atomic E-state index is 0.0169.